The first-order chi connectivity index (χ1) is 10.7. The SMILES string of the molecule is CSCC(=O)Nc1cccc(NC(=O)Nc2ccccc2)c1. The van der Waals surface area contributed by atoms with Crippen LogP contribution in [0, 0.1) is 0 Å². The Morgan fingerprint density at radius 2 is 1.45 bits per heavy atom. The number of benzene rings is 2. The largest absolute Gasteiger partial charge is 0.325 e. The third-order valence-corrected chi connectivity index (χ3v) is 3.26. The molecule has 0 aliphatic carbocycles. The van der Waals surface area contributed by atoms with E-state index in [9.17, 15) is 9.59 Å². The van der Waals surface area contributed by atoms with Crippen molar-refractivity contribution < 1.29 is 9.59 Å². The number of anilines is 3. The van der Waals surface area contributed by atoms with E-state index in [1.165, 1.54) is 11.8 Å². The molecule has 6 heteroatoms. The van der Waals surface area contributed by atoms with Crippen LogP contribution in [0.2, 0.25) is 0 Å². The van der Waals surface area contributed by atoms with E-state index in [4.69, 9.17) is 0 Å². The van der Waals surface area contributed by atoms with Gasteiger partial charge in [0.1, 0.15) is 0 Å². The zero-order valence-corrected chi connectivity index (χ0v) is 12.9. The monoisotopic (exact) mass is 315 g/mol. The summed E-state index contributed by atoms with van der Waals surface area (Å²) in [6.07, 6.45) is 1.87. The van der Waals surface area contributed by atoms with Crippen LogP contribution < -0.4 is 16.0 Å². The Bertz CT molecular complexity index is 647. The second kappa shape index (κ2) is 8.09. The van der Waals surface area contributed by atoms with Gasteiger partial charge in [0.15, 0.2) is 0 Å². The molecule has 0 aromatic heterocycles. The third kappa shape index (κ3) is 5.14. The van der Waals surface area contributed by atoms with Crippen molar-refractivity contribution in [3.63, 3.8) is 0 Å². The van der Waals surface area contributed by atoms with Gasteiger partial charge in [-0.1, -0.05) is 24.3 Å². The predicted octanol–water partition coefficient (Wildman–Crippen LogP) is 3.63. The molecule has 0 atom stereocenters. The van der Waals surface area contributed by atoms with Gasteiger partial charge >= 0.3 is 6.03 Å². The highest BCUT2D eigenvalue weighted by atomic mass is 32.2. The standard InChI is InChI=1S/C16H17N3O2S/c1-22-11-15(20)17-13-8-5-9-14(10-13)19-16(21)18-12-6-3-2-4-7-12/h2-10H,11H2,1H3,(H,17,20)(H2,18,19,21). The molecule has 22 heavy (non-hydrogen) atoms. The van der Waals surface area contributed by atoms with E-state index in [-0.39, 0.29) is 11.9 Å². The summed E-state index contributed by atoms with van der Waals surface area (Å²) < 4.78 is 0. The van der Waals surface area contributed by atoms with Crippen molar-refractivity contribution in [3.8, 4) is 0 Å². The summed E-state index contributed by atoms with van der Waals surface area (Å²) in [6, 6.07) is 15.9. The molecular formula is C16H17N3O2S. The van der Waals surface area contributed by atoms with Crippen molar-refractivity contribution in [3.05, 3.63) is 54.6 Å². The molecule has 3 N–H and O–H groups in total. The van der Waals surface area contributed by atoms with E-state index in [2.05, 4.69) is 16.0 Å². The van der Waals surface area contributed by atoms with Gasteiger partial charge in [-0.05, 0) is 36.6 Å². The van der Waals surface area contributed by atoms with E-state index in [1.54, 1.807) is 36.4 Å². The summed E-state index contributed by atoms with van der Waals surface area (Å²) in [5, 5.41) is 8.23. The average Bonchev–Trinajstić information content (AvgIpc) is 2.48. The molecule has 0 saturated carbocycles. The molecule has 0 bridgehead atoms. The Morgan fingerprint density at radius 1 is 0.864 bits per heavy atom. The van der Waals surface area contributed by atoms with Gasteiger partial charge in [0.2, 0.25) is 5.91 Å². The molecule has 0 aliphatic heterocycles. The van der Waals surface area contributed by atoms with Crippen molar-refractivity contribution >= 4 is 40.8 Å². The zero-order valence-electron chi connectivity index (χ0n) is 12.1. The van der Waals surface area contributed by atoms with Crippen molar-refractivity contribution in [2.75, 3.05) is 28.0 Å². The van der Waals surface area contributed by atoms with Crippen molar-refractivity contribution in [1.29, 1.82) is 0 Å². The van der Waals surface area contributed by atoms with Crippen LogP contribution in [0.5, 0.6) is 0 Å². The summed E-state index contributed by atoms with van der Waals surface area (Å²) in [7, 11) is 0. The second-order valence-corrected chi connectivity index (χ2v) is 5.37. The maximum absolute atomic E-state index is 11.9. The van der Waals surface area contributed by atoms with E-state index >= 15 is 0 Å². The van der Waals surface area contributed by atoms with Gasteiger partial charge in [-0.2, -0.15) is 11.8 Å². The van der Waals surface area contributed by atoms with Crippen LogP contribution in [0.4, 0.5) is 21.9 Å². The van der Waals surface area contributed by atoms with Gasteiger partial charge in [0.25, 0.3) is 0 Å². The lowest BCUT2D eigenvalue weighted by Gasteiger charge is -2.09. The smallest absolute Gasteiger partial charge is 0.323 e. The van der Waals surface area contributed by atoms with E-state index < -0.39 is 0 Å². The summed E-state index contributed by atoms with van der Waals surface area (Å²) in [5.74, 6) is 0.324. The van der Waals surface area contributed by atoms with Crippen LogP contribution in [0.15, 0.2) is 54.6 Å². The molecule has 3 amide bonds. The molecule has 114 valence electrons. The number of para-hydroxylation sites is 1. The highest BCUT2D eigenvalue weighted by Gasteiger charge is 2.05. The molecule has 0 heterocycles. The minimum atomic E-state index is -0.334. The fourth-order valence-corrected chi connectivity index (χ4v) is 2.15. The number of thioether (sulfide) groups is 1. The molecular weight excluding hydrogens is 298 g/mol. The van der Waals surface area contributed by atoms with E-state index in [1.807, 2.05) is 24.5 Å². The van der Waals surface area contributed by atoms with Gasteiger partial charge in [-0.15, -0.1) is 0 Å². The van der Waals surface area contributed by atoms with Crippen LogP contribution in [-0.2, 0) is 4.79 Å². The molecule has 0 spiro atoms. The average molecular weight is 315 g/mol. The number of nitrogens with one attached hydrogen (secondary N) is 3. The van der Waals surface area contributed by atoms with Gasteiger partial charge < -0.3 is 16.0 Å². The first kappa shape index (κ1) is 15.9. The van der Waals surface area contributed by atoms with Crippen LogP contribution in [-0.4, -0.2) is 23.9 Å². The van der Waals surface area contributed by atoms with Gasteiger partial charge in [-0.25, -0.2) is 4.79 Å². The Hall–Kier alpha value is -2.47. The normalized spacial score (nSPS) is 9.86. The minimum absolute atomic E-state index is 0.0709. The van der Waals surface area contributed by atoms with Gasteiger partial charge in [-0.3, -0.25) is 4.79 Å². The Labute approximate surface area is 133 Å². The van der Waals surface area contributed by atoms with Crippen LogP contribution in [0.3, 0.4) is 0 Å². The van der Waals surface area contributed by atoms with Crippen LogP contribution in [0.25, 0.3) is 0 Å². The predicted molar refractivity (Wildman–Crippen MR) is 92.5 cm³/mol. The molecule has 0 unspecified atom stereocenters. The Morgan fingerprint density at radius 3 is 2.14 bits per heavy atom. The molecule has 0 fully saturated rings. The first-order valence-electron chi connectivity index (χ1n) is 6.69. The summed E-state index contributed by atoms with van der Waals surface area (Å²) in [6.45, 7) is 0. The van der Waals surface area contributed by atoms with Crippen molar-refractivity contribution in [1.82, 2.24) is 0 Å². The van der Waals surface area contributed by atoms with Crippen molar-refractivity contribution in [2.24, 2.45) is 0 Å². The molecule has 0 aliphatic rings. The second-order valence-electron chi connectivity index (χ2n) is 4.51. The molecule has 5 nitrogen and oxygen atoms in total. The number of carbonyl (C=O) groups excluding carboxylic acids is 2. The maximum atomic E-state index is 11.9. The summed E-state index contributed by atoms with van der Waals surface area (Å²) >= 11 is 1.45. The zero-order chi connectivity index (χ0) is 15.8. The summed E-state index contributed by atoms with van der Waals surface area (Å²) in [4.78, 5) is 23.5. The topological polar surface area (TPSA) is 70.2 Å². The molecule has 2 rings (SSSR count). The quantitative estimate of drug-likeness (QED) is 0.789. The van der Waals surface area contributed by atoms with Crippen LogP contribution >= 0.6 is 11.8 Å². The Balaban J connectivity index is 1.95. The van der Waals surface area contributed by atoms with E-state index in [0.29, 0.717) is 22.8 Å². The van der Waals surface area contributed by atoms with Gasteiger partial charge in [0, 0.05) is 17.1 Å². The first-order valence-corrected chi connectivity index (χ1v) is 8.08. The lowest BCUT2D eigenvalue weighted by Crippen LogP contribution is -2.19. The van der Waals surface area contributed by atoms with Gasteiger partial charge in [0.05, 0.1) is 5.75 Å². The lowest BCUT2D eigenvalue weighted by molar-refractivity contribution is -0.113. The number of hydrogen-bond acceptors (Lipinski definition) is 3. The number of amides is 3. The third-order valence-electron chi connectivity index (χ3n) is 2.71. The van der Waals surface area contributed by atoms with Crippen LogP contribution in [0.1, 0.15) is 0 Å². The fraction of sp³-hybridized carbons (Fsp3) is 0.125. The fourth-order valence-electron chi connectivity index (χ4n) is 1.82. The number of urea groups is 1. The highest BCUT2D eigenvalue weighted by molar-refractivity contribution is 7.99. The number of hydrogen-bond donors (Lipinski definition) is 3. The molecule has 2 aromatic rings. The molecule has 0 radical (unpaired) electrons. The highest BCUT2D eigenvalue weighted by Crippen LogP contribution is 2.16. The molecule has 0 saturated heterocycles. The number of carbonyl (C=O) groups is 2. The minimum Gasteiger partial charge on any atom is -0.325 e. The van der Waals surface area contributed by atoms with Crippen molar-refractivity contribution in [2.45, 2.75) is 0 Å². The maximum Gasteiger partial charge on any atom is 0.323 e. The van der Waals surface area contributed by atoms with E-state index in [0.717, 1.165) is 0 Å². The summed E-state index contributed by atoms with van der Waals surface area (Å²) in [5.41, 5.74) is 1.97. The lowest BCUT2D eigenvalue weighted by atomic mass is 10.2. The molecule has 2 aromatic carbocycles. The number of rotatable bonds is 5. The Kier molecular flexibility index (Phi) is 5.85.